The van der Waals surface area contributed by atoms with Gasteiger partial charge in [-0.2, -0.15) is 0 Å². The second kappa shape index (κ2) is 10.4. The second-order valence-electron chi connectivity index (χ2n) is 7.41. The minimum atomic E-state index is -1.08. The average molecular weight is 417 g/mol. The maximum absolute atomic E-state index is 14.7. The minimum absolute atomic E-state index is 0.0511. The number of hydrogen-bond acceptors (Lipinski definition) is 2. The van der Waals surface area contributed by atoms with E-state index in [0.29, 0.717) is 0 Å². The Kier molecular flexibility index (Phi) is 7.64. The molecule has 2 aromatic rings. The van der Waals surface area contributed by atoms with Crippen LogP contribution in [-0.4, -0.2) is 28.6 Å². The molecule has 0 saturated heterocycles. The first-order valence-electron chi connectivity index (χ1n) is 10.0. The Morgan fingerprint density at radius 3 is 2.34 bits per heavy atom. The minimum Gasteiger partial charge on any atom is -0.351 e. The van der Waals surface area contributed by atoms with Gasteiger partial charge in [-0.25, -0.2) is 4.39 Å². The van der Waals surface area contributed by atoms with Crippen molar-refractivity contribution in [2.24, 2.45) is 0 Å². The molecule has 2 aromatic carbocycles. The van der Waals surface area contributed by atoms with E-state index >= 15 is 0 Å². The third-order valence-corrected chi connectivity index (χ3v) is 5.57. The second-order valence-corrected chi connectivity index (χ2v) is 7.68. The molecule has 3 rings (SSSR count). The molecule has 1 aliphatic carbocycles. The number of nitrogens with one attached hydrogen (secondary N) is 1. The van der Waals surface area contributed by atoms with Gasteiger partial charge in [-0.05, 0) is 24.5 Å². The molecule has 0 heterocycles. The highest BCUT2D eigenvalue weighted by atomic mass is 35.5. The molecule has 0 aliphatic heterocycles. The Hall–Kier alpha value is -2.40. The largest absolute Gasteiger partial charge is 0.351 e. The molecular weight excluding hydrogens is 391 g/mol. The van der Waals surface area contributed by atoms with Gasteiger partial charge in [0.05, 0.1) is 0 Å². The van der Waals surface area contributed by atoms with Crippen molar-refractivity contribution in [3.8, 4) is 0 Å². The first-order valence-corrected chi connectivity index (χ1v) is 10.6. The van der Waals surface area contributed by atoms with Crippen molar-refractivity contribution >= 4 is 23.4 Å². The number of carbonyl (C=O) groups excluding carboxylic acids is 2. The van der Waals surface area contributed by atoms with Crippen LogP contribution in [0.1, 0.15) is 49.3 Å². The fourth-order valence-corrected chi connectivity index (χ4v) is 4.01. The van der Waals surface area contributed by atoms with Gasteiger partial charge in [0, 0.05) is 18.2 Å². The van der Waals surface area contributed by atoms with Gasteiger partial charge in [-0.3, -0.25) is 9.59 Å². The highest BCUT2D eigenvalue weighted by molar-refractivity contribution is 6.27. The summed E-state index contributed by atoms with van der Waals surface area (Å²) in [6.07, 6.45) is 5.08. The number of amides is 2. The van der Waals surface area contributed by atoms with Crippen LogP contribution in [0.2, 0.25) is 0 Å². The number of nitrogens with zero attached hydrogens (tertiary/aromatic N) is 1. The molecule has 0 unspecified atom stereocenters. The lowest BCUT2D eigenvalue weighted by Gasteiger charge is -2.33. The van der Waals surface area contributed by atoms with Gasteiger partial charge in [-0.15, -0.1) is 11.6 Å². The summed E-state index contributed by atoms with van der Waals surface area (Å²) in [5.74, 6) is -1.58. The lowest BCUT2D eigenvalue weighted by atomic mass is 9.94. The van der Waals surface area contributed by atoms with E-state index in [1.54, 1.807) is 18.2 Å². The van der Waals surface area contributed by atoms with Crippen LogP contribution >= 0.6 is 11.6 Å². The molecule has 4 nitrogen and oxygen atoms in total. The molecule has 0 spiro atoms. The molecule has 0 bridgehead atoms. The third-order valence-electron chi connectivity index (χ3n) is 5.34. The number of alkyl halides is 1. The van der Waals surface area contributed by atoms with Crippen molar-refractivity contribution in [3.05, 3.63) is 71.5 Å². The number of benzene rings is 2. The van der Waals surface area contributed by atoms with Gasteiger partial charge in [0.2, 0.25) is 11.8 Å². The van der Waals surface area contributed by atoms with Crippen molar-refractivity contribution in [3.63, 3.8) is 0 Å². The first kappa shape index (κ1) is 21.3. The average Bonchev–Trinajstić information content (AvgIpc) is 2.75. The van der Waals surface area contributed by atoms with Crippen molar-refractivity contribution in [2.75, 3.05) is 5.88 Å². The summed E-state index contributed by atoms with van der Waals surface area (Å²) in [6.45, 7) is 0.170. The van der Waals surface area contributed by atoms with Crippen LogP contribution in [-0.2, 0) is 16.1 Å². The molecule has 0 radical (unpaired) electrons. The SMILES string of the molecule is O=C(NC1CCCCC1)[C@@H](c1ccccc1F)N(Cc1ccccc1)C(=O)CCl. The summed E-state index contributed by atoms with van der Waals surface area (Å²) < 4.78 is 14.7. The Morgan fingerprint density at radius 2 is 1.69 bits per heavy atom. The van der Waals surface area contributed by atoms with Crippen molar-refractivity contribution < 1.29 is 14.0 Å². The zero-order valence-electron chi connectivity index (χ0n) is 16.3. The van der Waals surface area contributed by atoms with Crippen LogP contribution in [0.3, 0.4) is 0 Å². The van der Waals surface area contributed by atoms with Crippen LogP contribution < -0.4 is 5.32 Å². The quantitative estimate of drug-likeness (QED) is 0.671. The predicted octanol–water partition coefficient (Wildman–Crippen LogP) is 4.58. The van der Waals surface area contributed by atoms with Gasteiger partial charge in [0.15, 0.2) is 0 Å². The van der Waals surface area contributed by atoms with E-state index in [4.69, 9.17) is 11.6 Å². The molecule has 2 amide bonds. The maximum atomic E-state index is 14.7. The van der Waals surface area contributed by atoms with Crippen molar-refractivity contribution in [1.29, 1.82) is 0 Å². The van der Waals surface area contributed by atoms with Crippen molar-refractivity contribution in [2.45, 2.75) is 50.7 Å². The van der Waals surface area contributed by atoms with Gasteiger partial charge < -0.3 is 10.2 Å². The van der Waals surface area contributed by atoms with E-state index in [0.717, 1.165) is 37.7 Å². The van der Waals surface area contributed by atoms with E-state index in [1.165, 1.54) is 11.0 Å². The fraction of sp³-hybridized carbons (Fsp3) is 0.391. The van der Waals surface area contributed by atoms with Crippen LogP contribution in [0.5, 0.6) is 0 Å². The van der Waals surface area contributed by atoms with E-state index in [-0.39, 0.29) is 29.9 Å². The lowest BCUT2D eigenvalue weighted by molar-refractivity contribution is -0.140. The normalized spacial score (nSPS) is 15.5. The monoisotopic (exact) mass is 416 g/mol. The summed E-state index contributed by atoms with van der Waals surface area (Å²) in [7, 11) is 0. The molecule has 0 aromatic heterocycles. The standard InChI is InChI=1S/C23H26ClFN2O2/c24-15-21(28)27(16-17-9-3-1-4-10-17)22(19-13-7-8-14-20(19)25)23(29)26-18-11-5-2-6-12-18/h1,3-4,7-10,13-14,18,22H,2,5-6,11-12,15-16H2,(H,26,29)/t22-/m1/s1. The summed E-state index contributed by atoms with van der Waals surface area (Å²) in [6, 6.07) is 14.4. The summed E-state index contributed by atoms with van der Waals surface area (Å²) >= 11 is 5.86. The van der Waals surface area contributed by atoms with Crippen LogP contribution in [0.4, 0.5) is 4.39 Å². The Bertz CT molecular complexity index is 825. The predicted molar refractivity (Wildman–Crippen MR) is 112 cm³/mol. The zero-order valence-corrected chi connectivity index (χ0v) is 17.1. The Labute approximate surface area is 176 Å². The van der Waals surface area contributed by atoms with Crippen LogP contribution in [0.25, 0.3) is 0 Å². The zero-order chi connectivity index (χ0) is 20.6. The number of halogens is 2. The number of rotatable bonds is 7. The van der Waals surface area contributed by atoms with E-state index in [2.05, 4.69) is 5.32 Å². The van der Waals surface area contributed by atoms with Crippen LogP contribution in [0, 0.1) is 5.82 Å². The van der Waals surface area contributed by atoms with Gasteiger partial charge in [0.25, 0.3) is 0 Å². The third kappa shape index (κ3) is 5.57. The van der Waals surface area contributed by atoms with Gasteiger partial charge >= 0.3 is 0 Å². The molecule has 1 aliphatic rings. The highest BCUT2D eigenvalue weighted by Crippen LogP contribution is 2.27. The summed E-state index contributed by atoms with van der Waals surface area (Å²) in [5, 5.41) is 3.05. The molecule has 1 saturated carbocycles. The van der Waals surface area contributed by atoms with Gasteiger partial charge in [-0.1, -0.05) is 67.8 Å². The molecule has 1 fully saturated rings. The highest BCUT2D eigenvalue weighted by Gasteiger charge is 2.34. The summed E-state index contributed by atoms with van der Waals surface area (Å²) in [4.78, 5) is 27.4. The molecule has 1 N–H and O–H groups in total. The number of hydrogen-bond donors (Lipinski definition) is 1. The smallest absolute Gasteiger partial charge is 0.247 e. The number of carbonyl (C=O) groups is 2. The van der Waals surface area contributed by atoms with E-state index in [1.807, 2.05) is 30.3 Å². The van der Waals surface area contributed by atoms with Gasteiger partial charge in [0.1, 0.15) is 17.7 Å². The molecule has 6 heteroatoms. The van der Waals surface area contributed by atoms with E-state index in [9.17, 15) is 14.0 Å². The maximum Gasteiger partial charge on any atom is 0.247 e. The molecule has 1 atom stereocenters. The Balaban J connectivity index is 1.95. The summed E-state index contributed by atoms with van der Waals surface area (Å²) in [5.41, 5.74) is 1.02. The first-order chi connectivity index (χ1) is 14.1. The molecular formula is C23H26ClFN2O2. The van der Waals surface area contributed by atoms with E-state index < -0.39 is 17.8 Å². The Morgan fingerprint density at radius 1 is 1.03 bits per heavy atom. The molecule has 29 heavy (non-hydrogen) atoms. The molecule has 154 valence electrons. The fourth-order valence-electron chi connectivity index (χ4n) is 3.85. The lowest BCUT2D eigenvalue weighted by Crippen LogP contribution is -2.47. The van der Waals surface area contributed by atoms with Crippen molar-refractivity contribution in [1.82, 2.24) is 10.2 Å². The van der Waals surface area contributed by atoms with Crippen LogP contribution in [0.15, 0.2) is 54.6 Å². The topological polar surface area (TPSA) is 49.4 Å².